The van der Waals surface area contributed by atoms with Crippen LogP contribution in [0.15, 0.2) is 0 Å². The molecule has 1 heterocycles. The molecule has 13 heavy (non-hydrogen) atoms. The fourth-order valence-electron chi connectivity index (χ4n) is 1.31. The van der Waals surface area contributed by atoms with Crippen molar-refractivity contribution in [3.05, 3.63) is 0 Å². The van der Waals surface area contributed by atoms with E-state index in [-0.39, 0.29) is 5.91 Å². The first-order valence-corrected chi connectivity index (χ1v) is 6.06. The number of carbonyl (C=O) groups excluding carboxylic acids is 1. The van der Waals surface area contributed by atoms with Crippen molar-refractivity contribution in [2.24, 2.45) is 0 Å². The van der Waals surface area contributed by atoms with E-state index >= 15 is 0 Å². The Morgan fingerprint density at radius 1 is 1.62 bits per heavy atom. The van der Waals surface area contributed by atoms with Crippen LogP contribution < -0.4 is 10.6 Å². The van der Waals surface area contributed by atoms with Gasteiger partial charge in [0.25, 0.3) is 0 Å². The quantitative estimate of drug-likeness (QED) is 0.642. The Balaban J connectivity index is 2.02. The number of carbonyl (C=O) groups is 1. The second-order valence-electron chi connectivity index (χ2n) is 3.30. The van der Waals surface area contributed by atoms with Gasteiger partial charge in [-0.3, -0.25) is 4.79 Å². The Bertz CT molecular complexity index is 158. The van der Waals surface area contributed by atoms with E-state index in [1.165, 1.54) is 5.75 Å². The molecule has 3 nitrogen and oxygen atoms in total. The molecule has 1 unspecified atom stereocenters. The maximum Gasteiger partial charge on any atom is 0.234 e. The summed E-state index contributed by atoms with van der Waals surface area (Å²) in [6, 6.07) is 0.418. The van der Waals surface area contributed by atoms with Gasteiger partial charge in [0.2, 0.25) is 5.91 Å². The summed E-state index contributed by atoms with van der Waals surface area (Å²) in [5.41, 5.74) is 0. The van der Waals surface area contributed by atoms with Crippen molar-refractivity contribution in [3.8, 4) is 0 Å². The highest BCUT2D eigenvalue weighted by atomic mass is 32.2. The van der Waals surface area contributed by atoms with Gasteiger partial charge in [0.1, 0.15) is 0 Å². The molecule has 0 saturated carbocycles. The summed E-state index contributed by atoms with van der Waals surface area (Å²) >= 11 is 1.92. The molecule has 1 atom stereocenters. The van der Waals surface area contributed by atoms with Gasteiger partial charge in [-0.1, -0.05) is 6.92 Å². The minimum Gasteiger partial charge on any atom is -0.351 e. The van der Waals surface area contributed by atoms with Gasteiger partial charge in [-0.15, -0.1) is 0 Å². The second kappa shape index (κ2) is 6.27. The molecule has 0 spiro atoms. The van der Waals surface area contributed by atoms with Gasteiger partial charge in [-0.25, -0.2) is 0 Å². The molecule has 0 aliphatic carbocycles. The zero-order valence-corrected chi connectivity index (χ0v) is 8.95. The topological polar surface area (TPSA) is 41.1 Å². The highest BCUT2D eigenvalue weighted by molar-refractivity contribution is 7.99. The Morgan fingerprint density at radius 2 is 2.46 bits per heavy atom. The average Bonchev–Trinajstić information content (AvgIpc) is 2.57. The molecular weight excluding hydrogens is 184 g/mol. The Morgan fingerprint density at radius 3 is 3.08 bits per heavy atom. The molecule has 4 heteroatoms. The minimum absolute atomic E-state index is 0.140. The molecule has 1 saturated heterocycles. The van der Waals surface area contributed by atoms with Crippen LogP contribution in [0, 0.1) is 0 Å². The predicted molar refractivity (Wildman–Crippen MR) is 57.0 cm³/mol. The molecule has 0 radical (unpaired) electrons. The summed E-state index contributed by atoms with van der Waals surface area (Å²) in [6.45, 7) is 3.49. The smallest absolute Gasteiger partial charge is 0.234 e. The number of hydrogen-bond acceptors (Lipinski definition) is 3. The molecule has 0 aromatic carbocycles. The summed E-state index contributed by atoms with van der Waals surface area (Å²) in [6.07, 6.45) is 2.21. The number of rotatable bonds is 5. The minimum atomic E-state index is 0.140. The average molecular weight is 202 g/mol. The van der Waals surface area contributed by atoms with Crippen LogP contribution >= 0.6 is 11.8 Å². The zero-order valence-electron chi connectivity index (χ0n) is 8.14. The van der Waals surface area contributed by atoms with Crippen LogP contribution in [0.25, 0.3) is 0 Å². The third-order valence-corrected chi connectivity index (χ3v) is 3.17. The Hall–Kier alpha value is -0.220. The van der Waals surface area contributed by atoms with Gasteiger partial charge >= 0.3 is 0 Å². The van der Waals surface area contributed by atoms with Gasteiger partial charge in [0, 0.05) is 11.8 Å². The van der Waals surface area contributed by atoms with Gasteiger partial charge < -0.3 is 10.6 Å². The van der Waals surface area contributed by atoms with E-state index in [4.69, 9.17) is 0 Å². The Kier molecular flexibility index (Phi) is 5.23. The molecule has 0 bridgehead atoms. The van der Waals surface area contributed by atoms with E-state index in [1.807, 2.05) is 11.8 Å². The predicted octanol–water partition coefficient (Wildman–Crippen LogP) is 0.608. The number of nitrogens with one attached hydrogen (secondary N) is 2. The van der Waals surface area contributed by atoms with Crippen LogP contribution in [-0.2, 0) is 4.79 Å². The van der Waals surface area contributed by atoms with Gasteiger partial charge in [0.15, 0.2) is 0 Å². The van der Waals surface area contributed by atoms with E-state index in [1.54, 1.807) is 0 Å². The van der Waals surface area contributed by atoms with Crippen molar-refractivity contribution in [1.82, 2.24) is 10.6 Å². The van der Waals surface area contributed by atoms with E-state index in [9.17, 15) is 4.79 Å². The van der Waals surface area contributed by atoms with Gasteiger partial charge in [0.05, 0.1) is 6.54 Å². The maximum absolute atomic E-state index is 11.3. The van der Waals surface area contributed by atoms with Crippen molar-refractivity contribution in [2.75, 3.05) is 24.6 Å². The Labute approximate surface area is 84.0 Å². The lowest BCUT2D eigenvalue weighted by atomic mass is 10.2. The summed E-state index contributed by atoms with van der Waals surface area (Å²) in [5.74, 6) is 2.41. The van der Waals surface area contributed by atoms with Crippen LogP contribution in [0.5, 0.6) is 0 Å². The highest BCUT2D eigenvalue weighted by Gasteiger charge is 2.16. The van der Waals surface area contributed by atoms with Crippen LogP contribution in [0.1, 0.15) is 19.8 Å². The third-order valence-electron chi connectivity index (χ3n) is 2.01. The van der Waals surface area contributed by atoms with E-state index in [2.05, 4.69) is 17.6 Å². The fraction of sp³-hybridized carbons (Fsp3) is 0.889. The summed E-state index contributed by atoms with van der Waals surface area (Å²) in [5, 5.41) is 6.11. The second-order valence-corrected chi connectivity index (χ2v) is 4.45. The molecule has 1 aliphatic heterocycles. The lowest BCUT2D eigenvalue weighted by Gasteiger charge is -2.11. The molecule has 0 aromatic rings. The molecule has 2 N–H and O–H groups in total. The van der Waals surface area contributed by atoms with E-state index < -0.39 is 0 Å². The van der Waals surface area contributed by atoms with Gasteiger partial charge in [-0.05, 0) is 25.1 Å². The van der Waals surface area contributed by atoms with E-state index in [0.29, 0.717) is 12.6 Å². The molecule has 1 aliphatic rings. The van der Waals surface area contributed by atoms with Crippen molar-refractivity contribution < 1.29 is 4.79 Å². The molecule has 0 aromatic heterocycles. The van der Waals surface area contributed by atoms with Crippen LogP contribution in [-0.4, -0.2) is 36.5 Å². The first kappa shape index (κ1) is 10.9. The third kappa shape index (κ3) is 4.52. The van der Waals surface area contributed by atoms with Crippen molar-refractivity contribution in [3.63, 3.8) is 0 Å². The molecule has 1 fully saturated rings. The first-order chi connectivity index (χ1) is 6.33. The molecular formula is C9H18N2OS. The molecule has 1 rings (SSSR count). The number of hydrogen-bond donors (Lipinski definition) is 2. The summed E-state index contributed by atoms with van der Waals surface area (Å²) < 4.78 is 0. The van der Waals surface area contributed by atoms with E-state index in [0.717, 1.165) is 25.1 Å². The largest absolute Gasteiger partial charge is 0.351 e. The van der Waals surface area contributed by atoms with Crippen molar-refractivity contribution in [1.29, 1.82) is 0 Å². The summed E-state index contributed by atoms with van der Waals surface area (Å²) in [7, 11) is 0. The maximum atomic E-state index is 11.3. The normalized spacial score (nSPS) is 21.8. The molecule has 1 amide bonds. The standard InChI is InChI=1S/C9H18N2OS/c1-2-4-10-6-9(12)11-8-3-5-13-7-8/h8,10H,2-7H2,1H3,(H,11,12). The van der Waals surface area contributed by atoms with Crippen LogP contribution in [0.3, 0.4) is 0 Å². The molecule has 76 valence electrons. The van der Waals surface area contributed by atoms with Crippen molar-refractivity contribution >= 4 is 17.7 Å². The van der Waals surface area contributed by atoms with Crippen LogP contribution in [0.4, 0.5) is 0 Å². The zero-order chi connectivity index (χ0) is 9.52. The number of thioether (sulfide) groups is 1. The lowest BCUT2D eigenvalue weighted by molar-refractivity contribution is -0.120. The highest BCUT2D eigenvalue weighted by Crippen LogP contribution is 2.16. The monoisotopic (exact) mass is 202 g/mol. The number of amides is 1. The van der Waals surface area contributed by atoms with Crippen molar-refractivity contribution in [2.45, 2.75) is 25.8 Å². The summed E-state index contributed by atoms with van der Waals surface area (Å²) in [4.78, 5) is 11.3. The lowest BCUT2D eigenvalue weighted by Crippen LogP contribution is -2.40. The first-order valence-electron chi connectivity index (χ1n) is 4.90. The van der Waals surface area contributed by atoms with Crippen LogP contribution in [0.2, 0.25) is 0 Å². The SMILES string of the molecule is CCCNCC(=O)NC1CCSC1. The fourth-order valence-corrected chi connectivity index (χ4v) is 2.46. The van der Waals surface area contributed by atoms with Gasteiger partial charge in [-0.2, -0.15) is 11.8 Å².